The van der Waals surface area contributed by atoms with Crippen LogP contribution in [0.25, 0.3) is 0 Å². The number of benzene rings is 2. The van der Waals surface area contributed by atoms with Crippen molar-refractivity contribution in [3.8, 4) is 0 Å². The van der Waals surface area contributed by atoms with Gasteiger partial charge < -0.3 is 9.39 Å². The lowest BCUT2D eigenvalue weighted by molar-refractivity contribution is -0.149. The highest BCUT2D eigenvalue weighted by Crippen LogP contribution is 2.20. The van der Waals surface area contributed by atoms with Crippen molar-refractivity contribution in [1.82, 2.24) is 4.89 Å². The number of carbonyl (C=O) groups excluding carboxylic acids is 1. The van der Waals surface area contributed by atoms with Gasteiger partial charge in [-0.05, 0) is 24.1 Å². The van der Waals surface area contributed by atoms with E-state index in [1.54, 1.807) is 47.3 Å². The lowest BCUT2D eigenvalue weighted by Crippen LogP contribution is -2.25. The Kier molecular flexibility index (Phi) is 9.14. The second-order valence-electron chi connectivity index (χ2n) is 5.20. The highest BCUT2D eigenvalue weighted by atomic mass is 32.2. The zero-order chi connectivity index (χ0) is 19.6. The van der Waals surface area contributed by atoms with Gasteiger partial charge in [0.25, 0.3) is 0 Å². The minimum Gasteiger partial charge on any atom is -0.758 e. The van der Waals surface area contributed by atoms with Crippen LogP contribution in [0.15, 0.2) is 65.6 Å². The van der Waals surface area contributed by atoms with E-state index >= 15 is 0 Å². The Bertz CT molecular complexity index is 810. The number of sulfone groups is 1. The van der Waals surface area contributed by atoms with Crippen molar-refractivity contribution < 1.29 is 26.8 Å². The summed E-state index contributed by atoms with van der Waals surface area (Å²) in [5, 5.41) is 0. The minimum absolute atomic E-state index is 0.370. The van der Waals surface area contributed by atoms with Gasteiger partial charge in [-0.2, -0.15) is 0 Å². The molecule has 26 heavy (non-hydrogen) atoms. The Morgan fingerprint density at radius 3 is 2.00 bits per heavy atom. The van der Waals surface area contributed by atoms with E-state index < -0.39 is 33.0 Å². The quantitative estimate of drug-likeness (QED) is 0.589. The van der Waals surface area contributed by atoms with Crippen LogP contribution in [0.3, 0.4) is 0 Å². The lowest BCUT2D eigenvalue weighted by atomic mass is 9.97. The Morgan fingerprint density at radius 2 is 1.62 bits per heavy atom. The summed E-state index contributed by atoms with van der Waals surface area (Å²) in [5.74, 6) is -1.07. The van der Waals surface area contributed by atoms with Crippen LogP contribution in [0.1, 0.15) is 24.8 Å². The van der Waals surface area contributed by atoms with Gasteiger partial charge in [-0.1, -0.05) is 60.3 Å². The maximum atomic E-state index is 11.5. The molecule has 2 rings (SSSR count). The number of hydrogen-bond acceptors (Lipinski definition) is 6. The fraction of sp³-hybridized carbons (Fsp3) is 0.235. The molecule has 0 bridgehead atoms. The van der Waals surface area contributed by atoms with Crippen molar-refractivity contribution in [1.29, 1.82) is 0 Å². The van der Waals surface area contributed by atoms with Gasteiger partial charge in [-0.25, -0.2) is 13.2 Å². The first-order valence-corrected chi connectivity index (χ1v) is 10.6. The Balaban J connectivity index is 0.000000289. The first-order valence-electron chi connectivity index (χ1n) is 7.61. The molecule has 7 nitrogen and oxygen atoms in total. The maximum Gasteiger partial charge on any atom is 0.333 e. The third-order valence-electron chi connectivity index (χ3n) is 3.28. The molecule has 0 saturated carbocycles. The molecule has 0 aliphatic heterocycles. The number of hydrogen-bond donors (Lipinski definition) is 1. The molecule has 0 aromatic heterocycles. The standard InChI is InChI=1S/C10H13NO4S.C7H8O2S/c1-2-9(8-6-4-3-5-7-8)10(12)15-11-16(13)14;1-10(8,9)7-5-3-2-4-6-7/h3-7,9,11H,2H2,1H3,(H,13,14);2-6H,1H3/p-1. The van der Waals surface area contributed by atoms with E-state index in [0.29, 0.717) is 11.3 Å². The van der Waals surface area contributed by atoms with Crippen molar-refractivity contribution in [3.05, 3.63) is 66.2 Å². The van der Waals surface area contributed by atoms with Crippen LogP contribution in [-0.2, 0) is 30.7 Å². The molecule has 0 heterocycles. The van der Waals surface area contributed by atoms with Gasteiger partial charge in [0.1, 0.15) is 0 Å². The molecule has 2 aromatic carbocycles. The zero-order valence-corrected chi connectivity index (χ0v) is 16.0. The summed E-state index contributed by atoms with van der Waals surface area (Å²) in [6, 6.07) is 17.4. The minimum atomic E-state index is -3.00. The van der Waals surface area contributed by atoms with Gasteiger partial charge in [0.2, 0.25) is 0 Å². The Morgan fingerprint density at radius 1 is 1.12 bits per heavy atom. The van der Waals surface area contributed by atoms with Gasteiger partial charge in [-0.3, -0.25) is 4.21 Å². The van der Waals surface area contributed by atoms with Crippen molar-refractivity contribution >= 4 is 27.1 Å². The molecular weight excluding hydrogens is 378 g/mol. The largest absolute Gasteiger partial charge is 0.758 e. The summed E-state index contributed by atoms with van der Waals surface area (Å²) < 4.78 is 42.0. The van der Waals surface area contributed by atoms with E-state index in [0.717, 1.165) is 5.56 Å². The van der Waals surface area contributed by atoms with Gasteiger partial charge in [0.05, 0.1) is 22.1 Å². The second-order valence-corrected chi connectivity index (χ2v) is 7.85. The smallest absolute Gasteiger partial charge is 0.333 e. The zero-order valence-electron chi connectivity index (χ0n) is 14.3. The van der Waals surface area contributed by atoms with E-state index in [-0.39, 0.29) is 0 Å². The Labute approximate surface area is 155 Å². The summed E-state index contributed by atoms with van der Waals surface area (Å²) in [4.78, 5) is 17.9. The highest BCUT2D eigenvalue weighted by molar-refractivity contribution is 7.90. The molecule has 2 aromatic rings. The van der Waals surface area contributed by atoms with E-state index in [9.17, 15) is 22.0 Å². The number of carbonyl (C=O) groups is 1. The summed E-state index contributed by atoms with van der Waals surface area (Å²) >= 11 is -2.60. The first kappa shape index (κ1) is 22.0. The van der Waals surface area contributed by atoms with Gasteiger partial charge >= 0.3 is 5.97 Å². The van der Waals surface area contributed by atoms with E-state index in [1.165, 1.54) is 6.26 Å². The molecular formula is C17H20NO6S2-. The van der Waals surface area contributed by atoms with Crippen molar-refractivity contribution in [2.45, 2.75) is 24.2 Å². The number of rotatable bonds is 6. The van der Waals surface area contributed by atoms with Gasteiger partial charge in [0.15, 0.2) is 9.84 Å². The van der Waals surface area contributed by atoms with Crippen LogP contribution in [0, 0.1) is 0 Å². The third-order valence-corrected chi connectivity index (χ3v) is 4.62. The van der Waals surface area contributed by atoms with Crippen molar-refractivity contribution in [2.24, 2.45) is 0 Å². The van der Waals surface area contributed by atoms with E-state index in [4.69, 9.17) is 0 Å². The lowest BCUT2D eigenvalue weighted by Gasteiger charge is -2.14. The van der Waals surface area contributed by atoms with Crippen LogP contribution in [0.5, 0.6) is 0 Å². The molecule has 0 fully saturated rings. The maximum absolute atomic E-state index is 11.5. The van der Waals surface area contributed by atoms with Crippen molar-refractivity contribution in [2.75, 3.05) is 6.26 Å². The van der Waals surface area contributed by atoms with Crippen molar-refractivity contribution in [3.63, 3.8) is 0 Å². The van der Waals surface area contributed by atoms with Crippen LogP contribution >= 0.6 is 0 Å². The van der Waals surface area contributed by atoms with Crippen LogP contribution in [-0.4, -0.2) is 29.4 Å². The molecule has 2 unspecified atom stereocenters. The molecule has 0 amide bonds. The summed E-state index contributed by atoms with van der Waals surface area (Å²) in [5.41, 5.74) is 0.800. The first-order chi connectivity index (χ1) is 12.3. The molecule has 9 heteroatoms. The topological polar surface area (TPSA) is 113 Å². The summed E-state index contributed by atoms with van der Waals surface area (Å²) in [6.07, 6.45) is 1.73. The van der Waals surface area contributed by atoms with E-state index in [2.05, 4.69) is 4.84 Å². The van der Waals surface area contributed by atoms with Crippen LogP contribution < -0.4 is 4.89 Å². The van der Waals surface area contributed by atoms with E-state index in [1.807, 2.05) is 25.1 Å². The summed E-state index contributed by atoms with van der Waals surface area (Å²) in [6.45, 7) is 1.83. The van der Waals surface area contributed by atoms with Crippen LogP contribution in [0.4, 0.5) is 0 Å². The fourth-order valence-corrected chi connectivity index (χ4v) is 2.84. The summed E-state index contributed by atoms with van der Waals surface area (Å²) in [7, 11) is -3.00. The van der Waals surface area contributed by atoms with Gasteiger partial charge in [-0.15, -0.1) is 0 Å². The SMILES string of the molecule is CCC(C(=O)ONS(=O)[O-])c1ccccc1.CS(=O)(=O)c1ccccc1. The second kappa shape index (κ2) is 10.8. The van der Waals surface area contributed by atoms with Gasteiger partial charge in [0, 0.05) is 6.26 Å². The third kappa shape index (κ3) is 7.87. The molecule has 2 atom stereocenters. The normalized spacial score (nSPS) is 13.0. The average molecular weight is 398 g/mol. The predicted molar refractivity (Wildman–Crippen MR) is 97.2 cm³/mol. The highest BCUT2D eigenvalue weighted by Gasteiger charge is 2.20. The molecule has 0 aliphatic carbocycles. The Hall–Kier alpha value is -2.07. The fourth-order valence-electron chi connectivity index (χ4n) is 2.04. The molecule has 0 saturated heterocycles. The van der Waals surface area contributed by atoms with Crippen LogP contribution in [0.2, 0.25) is 0 Å². The molecule has 1 N–H and O–H groups in total. The molecule has 0 aliphatic rings. The monoisotopic (exact) mass is 398 g/mol. The molecule has 0 spiro atoms. The predicted octanol–water partition coefficient (Wildman–Crippen LogP) is 2.11. The average Bonchev–Trinajstić information content (AvgIpc) is 2.62. The molecule has 0 radical (unpaired) electrons. The number of nitrogens with one attached hydrogen (secondary N) is 1. The molecule has 142 valence electrons.